The highest BCUT2D eigenvalue weighted by Crippen LogP contribution is 2.30. The fourth-order valence-electron chi connectivity index (χ4n) is 3.36. The van der Waals surface area contributed by atoms with E-state index in [1.54, 1.807) is 0 Å². The molecule has 1 aromatic rings. The molecule has 2 fully saturated rings. The van der Waals surface area contributed by atoms with E-state index in [0.717, 1.165) is 6.54 Å². The zero-order chi connectivity index (χ0) is 13.9. The van der Waals surface area contributed by atoms with E-state index in [2.05, 4.69) is 34.5 Å². The predicted octanol–water partition coefficient (Wildman–Crippen LogP) is 2.02. The van der Waals surface area contributed by atoms with Crippen LogP contribution in [0.25, 0.3) is 0 Å². The van der Waals surface area contributed by atoms with Gasteiger partial charge in [-0.1, -0.05) is 24.3 Å². The van der Waals surface area contributed by atoms with Crippen LogP contribution in [0, 0.1) is 5.92 Å². The molecule has 0 bridgehead atoms. The number of carboxylic acid groups (broad SMARTS) is 1. The van der Waals surface area contributed by atoms with Gasteiger partial charge in [0.1, 0.15) is 0 Å². The van der Waals surface area contributed by atoms with E-state index in [0.29, 0.717) is 13.0 Å². The number of nitrogens with one attached hydrogen (secondary N) is 1. The monoisotopic (exact) mass is 274 g/mol. The van der Waals surface area contributed by atoms with Gasteiger partial charge < -0.3 is 10.4 Å². The lowest BCUT2D eigenvalue weighted by atomic mass is 9.96. The maximum Gasteiger partial charge on any atom is 0.307 e. The second-order valence-corrected chi connectivity index (χ2v) is 5.91. The average molecular weight is 274 g/mol. The van der Waals surface area contributed by atoms with Gasteiger partial charge in [-0.05, 0) is 43.5 Å². The van der Waals surface area contributed by atoms with Gasteiger partial charge in [0, 0.05) is 19.1 Å². The Morgan fingerprint density at radius 3 is 2.75 bits per heavy atom. The molecule has 0 saturated carbocycles. The Balaban J connectivity index is 1.74. The first-order valence-electron chi connectivity index (χ1n) is 7.50. The molecule has 0 aromatic heterocycles. The zero-order valence-electron chi connectivity index (χ0n) is 11.7. The van der Waals surface area contributed by atoms with Crippen LogP contribution in [-0.2, 0) is 11.3 Å². The summed E-state index contributed by atoms with van der Waals surface area (Å²) in [5.74, 6) is -0.933. The number of likely N-dealkylation sites (tertiary alicyclic amines) is 1. The molecule has 0 spiro atoms. The number of benzene rings is 1. The summed E-state index contributed by atoms with van der Waals surface area (Å²) in [5.41, 5.74) is 2.63. The average Bonchev–Trinajstić information content (AvgIpc) is 3.10. The van der Waals surface area contributed by atoms with Crippen LogP contribution < -0.4 is 5.32 Å². The Bertz CT molecular complexity index is 483. The minimum absolute atomic E-state index is 0.190. The Hall–Kier alpha value is -1.39. The van der Waals surface area contributed by atoms with E-state index < -0.39 is 5.97 Å². The van der Waals surface area contributed by atoms with Gasteiger partial charge >= 0.3 is 5.97 Å². The Kier molecular flexibility index (Phi) is 4.03. The first-order chi connectivity index (χ1) is 9.74. The van der Waals surface area contributed by atoms with Gasteiger partial charge in [-0.25, -0.2) is 0 Å². The highest BCUT2D eigenvalue weighted by molar-refractivity contribution is 5.70. The van der Waals surface area contributed by atoms with Crippen molar-refractivity contribution < 1.29 is 9.90 Å². The summed E-state index contributed by atoms with van der Waals surface area (Å²) in [6, 6.07) is 8.66. The zero-order valence-corrected chi connectivity index (χ0v) is 11.7. The summed E-state index contributed by atoms with van der Waals surface area (Å²) in [5, 5.41) is 12.5. The van der Waals surface area contributed by atoms with Gasteiger partial charge in [0.2, 0.25) is 0 Å². The molecule has 0 aliphatic carbocycles. The van der Waals surface area contributed by atoms with Crippen molar-refractivity contribution in [2.24, 2.45) is 5.92 Å². The normalized spacial score (nSPS) is 27.0. The number of hydrogen-bond donors (Lipinski definition) is 2. The minimum atomic E-state index is -0.683. The third-order valence-electron chi connectivity index (χ3n) is 4.50. The highest BCUT2D eigenvalue weighted by Gasteiger charge is 2.31. The molecule has 2 atom stereocenters. The Labute approximate surface area is 119 Å². The van der Waals surface area contributed by atoms with Gasteiger partial charge in [0.15, 0.2) is 0 Å². The molecule has 2 N–H and O–H groups in total. The molecular weight excluding hydrogens is 252 g/mol. The topological polar surface area (TPSA) is 52.6 Å². The van der Waals surface area contributed by atoms with E-state index in [1.807, 2.05) is 0 Å². The standard InChI is InChI=1S/C16H22N2O2/c19-16(20)13-9-15(17-10-13)14-6-2-1-5-12(14)11-18-7-3-4-8-18/h1-2,5-6,13,15,17H,3-4,7-11H2,(H,19,20). The summed E-state index contributed by atoms with van der Waals surface area (Å²) >= 11 is 0. The maximum atomic E-state index is 11.1. The lowest BCUT2D eigenvalue weighted by Gasteiger charge is -2.20. The second-order valence-electron chi connectivity index (χ2n) is 5.91. The lowest BCUT2D eigenvalue weighted by molar-refractivity contribution is -0.141. The number of carbonyl (C=O) groups is 1. The number of rotatable bonds is 4. The van der Waals surface area contributed by atoms with Gasteiger partial charge in [0.05, 0.1) is 5.92 Å². The molecule has 20 heavy (non-hydrogen) atoms. The molecule has 0 amide bonds. The van der Waals surface area contributed by atoms with Gasteiger partial charge in [0.25, 0.3) is 0 Å². The molecule has 4 nitrogen and oxygen atoms in total. The summed E-state index contributed by atoms with van der Waals surface area (Å²) < 4.78 is 0. The Morgan fingerprint density at radius 2 is 2.05 bits per heavy atom. The largest absolute Gasteiger partial charge is 0.481 e. The molecule has 2 saturated heterocycles. The summed E-state index contributed by atoms with van der Waals surface area (Å²) in [6.07, 6.45) is 3.29. The summed E-state index contributed by atoms with van der Waals surface area (Å²) in [7, 11) is 0. The van der Waals surface area contributed by atoms with Crippen LogP contribution in [-0.4, -0.2) is 35.6 Å². The highest BCUT2D eigenvalue weighted by atomic mass is 16.4. The van der Waals surface area contributed by atoms with Crippen LogP contribution >= 0.6 is 0 Å². The van der Waals surface area contributed by atoms with Crippen LogP contribution in [0.1, 0.15) is 36.4 Å². The van der Waals surface area contributed by atoms with Crippen LogP contribution in [0.3, 0.4) is 0 Å². The van der Waals surface area contributed by atoms with Crippen LogP contribution in [0.4, 0.5) is 0 Å². The second kappa shape index (κ2) is 5.94. The number of carboxylic acids is 1. The molecule has 2 unspecified atom stereocenters. The molecule has 3 rings (SSSR count). The first-order valence-corrected chi connectivity index (χ1v) is 7.50. The minimum Gasteiger partial charge on any atom is -0.481 e. The SMILES string of the molecule is O=C(O)C1CNC(c2ccccc2CN2CCCC2)C1. The van der Waals surface area contributed by atoms with E-state index in [1.165, 1.54) is 37.1 Å². The van der Waals surface area contributed by atoms with Crippen molar-refractivity contribution in [3.63, 3.8) is 0 Å². The lowest BCUT2D eigenvalue weighted by Crippen LogP contribution is -2.21. The maximum absolute atomic E-state index is 11.1. The number of hydrogen-bond acceptors (Lipinski definition) is 3. The summed E-state index contributed by atoms with van der Waals surface area (Å²) in [4.78, 5) is 13.6. The molecule has 2 heterocycles. The van der Waals surface area contributed by atoms with Crippen molar-refractivity contribution in [3.05, 3.63) is 35.4 Å². The van der Waals surface area contributed by atoms with Crippen molar-refractivity contribution in [3.8, 4) is 0 Å². The molecule has 2 aliphatic rings. The molecule has 2 aliphatic heterocycles. The smallest absolute Gasteiger partial charge is 0.307 e. The van der Waals surface area contributed by atoms with Gasteiger partial charge in [-0.15, -0.1) is 0 Å². The first kappa shape index (κ1) is 13.6. The third kappa shape index (κ3) is 2.86. The number of nitrogens with zero attached hydrogens (tertiary/aromatic N) is 1. The summed E-state index contributed by atoms with van der Waals surface area (Å²) in [6.45, 7) is 3.94. The molecular formula is C16H22N2O2. The van der Waals surface area contributed by atoms with Crippen LogP contribution in [0.15, 0.2) is 24.3 Å². The molecule has 1 aromatic carbocycles. The Morgan fingerprint density at radius 1 is 1.30 bits per heavy atom. The molecule has 0 radical (unpaired) electrons. The fourth-order valence-corrected chi connectivity index (χ4v) is 3.36. The van der Waals surface area contributed by atoms with Crippen LogP contribution in [0.5, 0.6) is 0 Å². The van der Waals surface area contributed by atoms with Gasteiger partial charge in [-0.2, -0.15) is 0 Å². The van der Waals surface area contributed by atoms with Crippen molar-refractivity contribution in [1.82, 2.24) is 10.2 Å². The van der Waals surface area contributed by atoms with E-state index in [9.17, 15) is 4.79 Å². The fraction of sp³-hybridized carbons (Fsp3) is 0.562. The van der Waals surface area contributed by atoms with E-state index in [-0.39, 0.29) is 12.0 Å². The third-order valence-corrected chi connectivity index (χ3v) is 4.50. The quantitative estimate of drug-likeness (QED) is 0.882. The molecule has 4 heteroatoms. The van der Waals surface area contributed by atoms with Crippen molar-refractivity contribution >= 4 is 5.97 Å². The van der Waals surface area contributed by atoms with Gasteiger partial charge in [-0.3, -0.25) is 9.69 Å². The predicted molar refractivity (Wildman–Crippen MR) is 77.4 cm³/mol. The molecule has 108 valence electrons. The number of aliphatic carboxylic acids is 1. The van der Waals surface area contributed by atoms with Crippen molar-refractivity contribution in [2.75, 3.05) is 19.6 Å². The van der Waals surface area contributed by atoms with Crippen molar-refractivity contribution in [2.45, 2.75) is 31.8 Å². The van der Waals surface area contributed by atoms with Crippen molar-refractivity contribution in [1.29, 1.82) is 0 Å². The van der Waals surface area contributed by atoms with E-state index in [4.69, 9.17) is 5.11 Å². The van der Waals surface area contributed by atoms with Crippen LogP contribution in [0.2, 0.25) is 0 Å². The van der Waals surface area contributed by atoms with E-state index >= 15 is 0 Å².